The summed E-state index contributed by atoms with van der Waals surface area (Å²) in [5.74, 6) is 0.303. The predicted octanol–water partition coefficient (Wildman–Crippen LogP) is 0.908. The normalized spacial score (nSPS) is 16.9. The zero-order valence-corrected chi connectivity index (χ0v) is 10.7. The van der Waals surface area contributed by atoms with Crippen LogP contribution in [0.25, 0.3) is 0 Å². The lowest BCUT2D eigenvalue weighted by Gasteiger charge is -2.28. The van der Waals surface area contributed by atoms with E-state index in [4.69, 9.17) is 10.5 Å². The predicted molar refractivity (Wildman–Crippen MR) is 66.4 cm³/mol. The first-order chi connectivity index (χ1) is 9.20. The lowest BCUT2D eigenvalue weighted by Crippen LogP contribution is -2.49. The maximum absolute atomic E-state index is 9.51. The summed E-state index contributed by atoms with van der Waals surface area (Å²) in [6.07, 6.45) is 3.49. The Labute approximate surface area is 111 Å². The molecule has 1 unspecified atom stereocenters. The number of nitriles is 3. The molecule has 0 radical (unpaired) electrons. The van der Waals surface area contributed by atoms with E-state index in [-0.39, 0.29) is 11.4 Å². The second kappa shape index (κ2) is 5.10. The molecule has 1 N–H and O–H groups in total. The summed E-state index contributed by atoms with van der Waals surface area (Å²) in [6.45, 7) is 2.99. The molecule has 1 saturated carbocycles. The molecule has 0 aliphatic heterocycles. The first-order valence-electron chi connectivity index (χ1n) is 6.22. The number of rotatable bonds is 5. The average Bonchev–Trinajstić information content (AvgIpc) is 3.20. The molecule has 1 heterocycles. The third-order valence-corrected chi connectivity index (χ3v) is 3.44. The molecule has 19 heavy (non-hydrogen) atoms. The Morgan fingerprint density at radius 1 is 1.42 bits per heavy atom. The highest BCUT2D eigenvalue weighted by atomic mass is 15.1. The highest BCUT2D eigenvalue weighted by Gasteiger charge is 2.45. The Bertz CT molecular complexity index is 592. The molecule has 0 spiro atoms. The quantitative estimate of drug-likeness (QED) is 0.841. The van der Waals surface area contributed by atoms with Crippen LogP contribution < -0.4 is 5.32 Å². The van der Waals surface area contributed by atoms with Gasteiger partial charge < -0.3 is 4.57 Å². The zero-order valence-electron chi connectivity index (χ0n) is 10.7. The van der Waals surface area contributed by atoms with Gasteiger partial charge in [-0.05, 0) is 25.3 Å². The van der Waals surface area contributed by atoms with Crippen molar-refractivity contribution in [3.63, 3.8) is 0 Å². The highest BCUT2D eigenvalue weighted by molar-refractivity contribution is 5.36. The van der Waals surface area contributed by atoms with Gasteiger partial charge in [-0.3, -0.25) is 5.32 Å². The van der Waals surface area contributed by atoms with Crippen molar-refractivity contribution in [2.24, 2.45) is 5.92 Å². The van der Waals surface area contributed by atoms with E-state index >= 15 is 0 Å². The Kier molecular flexibility index (Phi) is 3.51. The van der Waals surface area contributed by atoms with Crippen LogP contribution in [0.1, 0.15) is 31.2 Å². The van der Waals surface area contributed by atoms with Gasteiger partial charge in [-0.1, -0.05) is 6.92 Å². The fraction of sp³-hybridized carbons (Fsp3) is 0.538. The molecule has 0 bridgehead atoms. The van der Waals surface area contributed by atoms with Gasteiger partial charge in [-0.2, -0.15) is 15.8 Å². The number of hydrogen-bond donors (Lipinski definition) is 1. The van der Waals surface area contributed by atoms with E-state index in [0.717, 1.165) is 12.8 Å². The van der Waals surface area contributed by atoms with Crippen LogP contribution in [-0.4, -0.2) is 21.6 Å². The van der Waals surface area contributed by atoms with Crippen LogP contribution in [0.15, 0.2) is 6.33 Å². The molecule has 6 heteroatoms. The van der Waals surface area contributed by atoms with Crippen molar-refractivity contribution < 1.29 is 0 Å². The van der Waals surface area contributed by atoms with Gasteiger partial charge in [0.05, 0.1) is 18.9 Å². The average molecular weight is 254 g/mol. The van der Waals surface area contributed by atoms with Crippen LogP contribution in [0, 0.1) is 39.9 Å². The molecule has 1 fully saturated rings. The molecule has 1 aromatic heterocycles. The molecule has 1 atom stereocenters. The SMILES string of the molecule is CCNC(C#N)(Cn1cnc(C#N)c1C#N)C1CC1. The third kappa shape index (κ3) is 2.29. The summed E-state index contributed by atoms with van der Waals surface area (Å²) in [4.78, 5) is 3.91. The van der Waals surface area contributed by atoms with Crippen LogP contribution in [-0.2, 0) is 6.54 Å². The minimum absolute atomic E-state index is 0.113. The van der Waals surface area contributed by atoms with Gasteiger partial charge in [0.1, 0.15) is 17.7 Å². The van der Waals surface area contributed by atoms with Crippen molar-refractivity contribution in [2.75, 3.05) is 6.54 Å². The molecule has 0 aromatic carbocycles. The minimum atomic E-state index is -0.673. The van der Waals surface area contributed by atoms with Gasteiger partial charge >= 0.3 is 0 Å². The van der Waals surface area contributed by atoms with Gasteiger partial charge in [-0.15, -0.1) is 0 Å². The van der Waals surface area contributed by atoms with Crippen molar-refractivity contribution in [3.8, 4) is 18.2 Å². The summed E-state index contributed by atoms with van der Waals surface area (Å²) in [6, 6.07) is 6.23. The summed E-state index contributed by atoms with van der Waals surface area (Å²) in [5, 5.41) is 30.7. The topological polar surface area (TPSA) is 101 Å². The molecule has 1 aromatic rings. The van der Waals surface area contributed by atoms with E-state index in [1.54, 1.807) is 4.57 Å². The molecule has 0 amide bonds. The van der Waals surface area contributed by atoms with Crippen LogP contribution in [0.3, 0.4) is 0 Å². The van der Waals surface area contributed by atoms with Crippen molar-refractivity contribution in [1.82, 2.24) is 14.9 Å². The standard InChI is InChI=1S/C13H14N6/c1-2-18-13(7-16,10-3-4-10)8-19-9-17-11(5-14)12(19)6-15/h9-10,18H,2-4,8H2,1H3. The van der Waals surface area contributed by atoms with Crippen molar-refractivity contribution in [2.45, 2.75) is 31.8 Å². The fourth-order valence-corrected chi connectivity index (χ4v) is 2.36. The fourth-order valence-electron chi connectivity index (χ4n) is 2.36. The van der Waals surface area contributed by atoms with Crippen LogP contribution in [0.5, 0.6) is 0 Å². The number of imidazole rings is 1. The summed E-state index contributed by atoms with van der Waals surface area (Å²) in [5.41, 5.74) is -0.337. The van der Waals surface area contributed by atoms with Gasteiger partial charge in [-0.25, -0.2) is 4.98 Å². The Morgan fingerprint density at radius 2 is 2.16 bits per heavy atom. The van der Waals surface area contributed by atoms with Gasteiger partial charge in [0.15, 0.2) is 11.4 Å². The lowest BCUT2D eigenvalue weighted by atomic mass is 9.94. The molecule has 0 saturated heterocycles. The number of nitrogens with one attached hydrogen (secondary N) is 1. The third-order valence-electron chi connectivity index (χ3n) is 3.44. The van der Waals surface area contributed by atoms with E-state index in [0.29, 0.717) is 19.0 Å². The van der Waals surface area contributed by atoms with Crippen LogP contribution >= 0.6 is 0 Å². The molecule has 6 nitrogen and oxygen atoms in total. The molecule has 96 valence electrons. The smallest absolute Gasteiger partial charge is 0.176 e. The Balaban J connectivity index is 2.33. The van der Waals surface area contributed by atoms with Crippen molar-refractivity contribution >= 4 is 0 Å². The second-order valence-corrected chi connectivity index (χ2v) is 4.68. The van der Waals surface area contributed by atoms with E-state index < -0.39 is 5.54 Å². The molecular weight excluding hydrogens is 240 g/mol. The first kappa shape index (κ1) is 13.1. The zero-order chi connectivity index (χ0) is 13.9. The number of hydrogen-bond acceptors (Lipinski definition) is 5. The summed E-state index contributed by atoms with van der Waals surface area (Å²) < 4.78 is 1.60. The minimum Gasteiger partial charge on any atom is -0.318 e. The van der Waals surface area contributed by atoms with E-state index in [2.05, 4.69) is 16.4 Å². The number of aromatic nitrogens is 2. The molecular formula is C13H14N6. The Morgan fingerprint density at radius 3 is 2.63 bits per heavy atom. The van der Waals surface area contributed by atoms with E-state index in [9.17, 15) is 5.26 Å². The first-order valence-corrected chi connectivity index (χ1v) is 6.22. The Hall–Kier alpha value is -2.36. The lowest BCUT2D eigenvalue weighted by molar-refractivity contribution is 0.323. The number of likely N-dealkylation sites (N-methyl/N-ethyl adjacent to an activating group) is 1. The molecule has 1 aliphatic rings. The largest absolute Gasteiger partial charge is 0.318 e. The van der Waals surface area contributed by atoms with E-state index in [1.165, 1.54) is 6.33 Å². The van der Waals surface area contributed by atoms with Gasteiger partial charge in [0, 0.05) is 0 Å². The van der Waals surface area contributed by atoms with Crippen LogP contribution in [0.2, 0.25) is 0 Å². The van der Waals surface area contributed by atoms with Crippen molar-refractivity contribution in [3.05, 3.63) is 17.7 Å². The van der Waals surface area contributed by atoms with Gasteiger partial charge in [0.25, 0.3) is 0 Å². The summed E-state index contributed by atoms with van der Waals surface area (Å²) in [7, 11) is 0. The maximum atomic E-state index is 9.51. The second-order valence-electron chi connectivity index (χ2n) is 4.68. The monoisotopic (exact) mass is 254 g/mol. The highest BCUT2D eigenvalue weighted by Crippen LogP contribution is 2.40. The summed E-state index contributed by atoms with van der Waals surface area (Å²) >= 11 is 0. The van der Waals surface area contributed by atoms with E-state index in [1.807, 2.05) is 19.1 Å². The maximum Gasteiger partial charge on any atom is 0.176 e. The van der Waals surface area contributed by atoms with Gasteiger partial charge in [0.2, 0.25) is 0 Å². The van der Waals surface area contributed by atoms with Crippen molar-refractivity contribution in [1.29, 1.82) is 15.8 Å². The molecule has 2 rings (SSSR count). The van der Waals surface area contributed by atoms with Crippen LogP contribution in [0.4, 0.5) is 0 Å². The molecule has 1 aliphatic carbocycles. The number of nitrogens with zero attached hydrogens (tertiary/aromatic N) is 5.